The number of piperidine rings is 1. The number of carbonyl (C=O) groups excluding carboxylic acids is 1. The van der Waals surface area contributed by atoms with Crippen molar-refractivity contribution in [2.75, 3.05) is 36.5 Å². The summed E-state index contributed by atoms with van der Waals surface area (Å²) in [5, 5.41) is 6.42. The fourth-order valence-corrected chi connectivity index (χ4v) is 3.21. The van der Waals surface area contributed by atoms with Crippen molar-refractivity contribution in [2.24, 2.45) is 0 Å². The Bertz CT molecular complexity index is 533. The number of hydrogen-bond acceptors (Lipinski definition) is 6. The van der Waals surface area contributed by atoms with Crippen LogP contribution in [-0.4, -0.2) is 54.3 Å². The molecule has 3 rings (SSSR count). The van der Waals surface area contributed by atoms with Gasteiger partial charge < -0.3 is 20.3 Å². The van der Waals surface area contributed by atoms with E-state index >= 15 is 0 Å². The first kappa shape index (κ1) is 16.0. The highest BCUT2D eigenvalue weighted by Gasteiger charge is 2.22. The topological polar surface area (TPSA) is 79.4 Å². The Labute approximate surface area is 136 Å². The average Bonchev–Trinajstić information content (AvgIpc) is 2.56. The molecule has 0 spiro atoms. The van der Waals surface area contributed by atoms with Gasteiger partial charge in [-0.25, -0.2) is 4.98 Å². The van der Waals surface area contributed by atoms with Crippen molar-refractivity contribution in [2.45, 2.75) is 44.7 Å². The molecule has 23 heavy (non-hydrogen) atoms. The first-order valence-corrected chi connectivity index (χ1v) is 8.40. The van der Waals surface area contributed by atoms with Crippen LogP contribution in [0.5, 0.6) is 0 Å². The van der Waals surface area contributed by atoms with Gasteiger partial charge in [0, 0.05) is 38.9 Å². The number of nitrogens with one attached hydrogen (secondary N) is 2. The zero-order chi connectivity index (χ0) is 16.1. The Balaban J connectivity index is 1.62. The summed E-state index contributed by atoms with van der Waals surface area (Å²) in [5.74, 6) is 1.58. The molecule has 0 bridgehead atoms. The van der Waals surface area contributed by atoms with Gasteiger partial charge in [-0.15, -0.1) is 0 Å². The summed E-state index contributed by atoms with van der Waals surface area (Å²) in [6.45, 7) is 4.83. The number of carbonyl (C=O) groups is 1. The molecule has 3 heterocycles. The van der Waals surface area contributed by atoms with Crippen LogP contribution >= 0.6 is 0 Å². The molecule has 7 heteroatoms. The van der Waals surface area contributed by atoms with E-state index < -0.39 is 0 Å². The van der Waals surface area contributed by atoms with Gasteiger partial charge in [0.15, 0.2) is 0 Å². The summed E-state index contributed by atoms with van der Waals surface area (Å²) in [4.78, 5) is 22.4. The predicted octanol–water partition coefficient (Wildman–Crippen LogP) is 1.17. The number of nitrogens with zero attached hydrogens (tertiary/aromatic N) is 3. The molecule has 2 N–H and O–H groups in total. The SMILES string of the molecule is CC(=O)NC1CCCN(c2nccc(NC3CCCOC3)n2)C1. The zero-order valence-electron chi connectivity index (χ0n) is 13.6. The zero-order valence-corrected chi connectivity index (χ0v) is 13.6. The van der Waals surface area contributed by atoms with E-state index in [0.717, 1.165) is 63.8 Å². The summed E-state index contributed by atoms with van der Waals surface area (Å²) < 4.78 is 5.50. The van der Waals surface area contributed by atoms with Crippen LogP contribution in [-0.2, 0) is 9.53 Å². The first-order chi connectivity index (χ1) is 11.2. The normalized spacial score (nSPS) is 25.0. The maximum atomic E-state index is 11.2. The molecule has 2 unspecified atom stereocenters. The van der Waals surface area contributed by atoms with Crippen molar-refractivity contribution in [3.8, 4) is 0 Å². The Morgan fingerprint density at radius 1 is 1.35 bits per heavy atom. The molecule has 7 nitrogen and oxygen atoms in total. The van der Waals surface area contributed by atoms with E-state index in [9.17, 15) is 4.79 Å². The molecule has 1 amide bonds. The highest BCUT2D eigenvalue weighted by molar-refractivity contribution is 5.73. The lowest BCUT2D eigenvalue weighted by atomic mass is 10.1. The van der Waals surface area contributed by atoms with Gasteiger partial charge in [0.2, 0.25) is 11.9 Å². The molecule has 2 fully saturated rings. The third kappa shape index (κ3) is 4.54. The van der Waals surface area contributed by atoms with Crippen LogP contribution in [0.2, 0.25) is 0 Å². The van der Waals surface area contributed by atoms with Crippen molar-refractivity contribution >= 4 is 17.7 Å². The van der Waals surface area contributed by atoms with Gasteiger partial charge in [-0.2, -0.15) is 4.98 Å². The Kier molecular flexibility index (Phi) is 5.27. The molecule has 126 valence electrons. The smallest absolute Gasteiger partial charge is 0.227 e. The van der Waals surface area contributed by atoms with Gasteiger partial charge >= 0.3 is 0 Å². The second-order valence-electron chi connectivity index (χ2n) is 6.29. The first-order valence-electron chi connectivity index (χ1n) is 8.40. The molecule has 2 aliphatic heterocycles. The highest BCUT2D eigenvalue weighted by atomic mass is 16.5. The van der Waals surface area contributed by atoms with Gasteiger partial charge in [0.05, 0.1) is 12.6 Å². The third-order valence-electron chi connectivity index (χ3n) is 4.27. The number of aromatic nitrogens is 2. The fraction of sp³-hybridized carbons (Fsp3) is 0.688. The molecule has 2 saturated heterocycles. The fourth-order valence-electron chi connectivity index (χ4n) is 3.21. The molecule has 2 atom stereocenters. The van der Waals surface area contributed by atoms with Crippen LogP contribution in [0.4, 0.5) is 11.8 Å². The Morgan fingerprint density at radius 3 is 3.00 bits per heavy atom. The molecule has 2 aliphatic rings. The van der Waals surface area contributed by atoms with Crippen LogP contribution in [0.3, 0.4) is 0 Å². The van der Waals surface area contributed by atoms with Crippen molar-refractivity contribution in [1.29, 1.82) is 0 Å². The van der Waals surface area contributed by atoms with Gasteiger partial charge in [0.1, 0.15) is 5.82 Å². The van der Waals surface area contributed by atoms with Crippen molar-refractivity contribution in [1.82, 2.24) is 15.3 Å². The van der Waals surface area contributed by atoms with Gasteiger partial charge in [0.25, 0.3) is 0 Å². The maximum Gasteiger partial charge on any atom is 0.227 e. The maximum absolute atomic E-state index is 11.2. The number of amides is 1. The summed E-state index contributed by atoms with van der Waals surface area (Å²) in [7, 11) is 0. The van der Waals surface area contributed by atoms with E-state index in [4.69, 9.17) is 4.74 Å². The van der Waals surface area contributed by atoms with Crippen LogP contribution in [0.1, 0.15) is 32.6 Å². The van der Waals surface area contributed by atoms with Crippen LogP contribution in [0, 0.1) is 0 Å². The number of hydrogen-bond donors (Lipinski definition) is 2. The Hall–Kier alpha value is -1.89. The molecular formula is C16H25N5O2. The highest BCUT2D eigenvalue weighted by Crippen LogP contribution is 2.19. The van der Waals surface area contributed by atoms with E-state index in [0.29, 0.717) is 6.04 Å². The van der Waals surface area contributed by atoms with Crippen LogP contribution in [0.25, 0.3) is 0 Å². The average molecular weight is 319 g/mol. The summed E-state index contributed by atoms with van der Waals surface area (Å²) in [6, 6.07) is 2.39. The van der Waals surface area contributed by atoms with Crippen LogP contribution < -0.4 is 15.5 Å². The van der Waals surface area contributed by atoms with Gasteiger partial charge in [-0.3, -0.25) is 4.79 Å². The lowest BCUT2D eigenvalue weighted by Crippen LogP contribution is -2.47. The van der Waals surface area contributed by atoms with Crippen LogP contribution in [0.15, 0.2) is 12.3 Å². The molecule has 1 aromatic rings. The summed E-state index contributed by atoms with van der Waals surface area (Å²) in [5.41, 5.74) is 0. The standard InChI is InChI=1S/C16H25N5O2/c1-12(22)18-13-4-2-8-21(10-13)16-17-7-6-15(20-16)19-14-5-3-9-23-11-14/h6-7,13-14H,2-5,8-11H2,1H3,(H,18,22)(H,17,19,20). The second kappa shape index (κ2) is 7.59. The quantitative estimate of drug-likeness (QED) is 0.867. The molecule has 1 aromatic heterocycles. The van der Waals surface area contributed by atoms with E-state index in [1.165, 1.54) is 0 Å². The summed E-state index contributed by atoms with van der Waals surface area (Å²) in [6.07, 6.45) is 6.01. The molecular weight excluding hydrogens is 294 g/mol. The number of ether oxygens (including phenoxy) is 1. The monoisotopic (exact) mass is 319 g/mol. The van der Waals surface area contributed by atoms with Gasteiger partial charge in [-0.05, 0) is 31.7 Å². The molecule has 0 radical (unpaired) electrons. The number of anilines is 2. The van der Waals surface area contributed by atoms with Crippen molar-refractivity contribution < 1.29 is 9.53 Å². The van der Waals surface area contributed by atoms with E-state index in [1.54, 1.807) is 13.1 Å². The lowest BCUT2D eigenvalue weighted by molar-refractivity contribution is -0.119. The van der Waals surface area contributed by atoms with Gasteiger partial charge in [-0.1, -0.05) is 0 Å². The van der Waals surface area contributed by atoms with E-state index in [1.807, 2.05) is 6.07 Å². The predicted molar refractivity (Wildman–Crippen MR) is 88.5 cm³/mol. The number of rotatable bonds is 4. The van der Waals surface area contributed by atoms with E-state index in [-0.39, 0.29) is 11.9 Å². The minimum atomic E-state index is 0.0190. The molecule has 0 aliphatic carbocycles. The lowest BCUT2D eigenvalue weighted by Gasteiger charge is -2.33. The molecule has 0 saturated carbocycles. The third-order valence-corrected chi connectivity index (χ3v) is 4.27. The molecule has 0 aromatic carbocycles. The van der Waals surface area contributed by atoms with Crippen molar-refractivity contribution in [3.05, 3.63) is 12.3 Å². The van der Waals surface area contributed by atoms with Crippen molar-refractivity contribution in [3.63, 3.8) is 0 Å². The minimum absolute atomic E-state index is 0.0190. The Morgan fingerprint density at radius 2 is 2.22 bits per heavy atom. The summed E-state index contributed by atoms with van der Waals surface area (Å²) >= 11 is 0. The van der Waals surface area contributed by atoms with E-state index in [2.05, 4.69) is 25.5 Å². The minimum Gasteiger partial charge on any atom is -0.379 e. The second-order valence-corrected chi connectivity index (χ2v) is 6.29. The largest absolute Gasteiger partial charge is 0.379 e.